The molecule has 1 atom stereocenters. The van der Waals surface area contributed by atoms with E-state index >= 15 is 0 Å². The molecule has 0 aliphatic heterocycles. The maximum atomic E-state index is 11.3. The Balaban J connectivity index is 3.21. The number of Topliss-reactive ketones (excluding diaryl/α,β-unsaturated/α-hetero) is 1. The Labute approximate surface area is 102 Å². The van der Waals surface area contributed by atoms with Gasteiger partial charge >= 0.3 is 0 Å². The molecule has 0 aliphatic rings. The Kier molecular flexibility index (Phi) is 4.36. The smallest absolute Gasteiger partial charge is 0.152 e. The summed E-state index contributed by atoms with van der Waals surface area (Å²) in [6.07, 6.45) is 0. The van der Waals surface area contributed by atoms with E-state index in [2.05, 4.69) is 13.8 Å². The first kappa shape index (κ1) is 13.0. The molecule has 0 spiro atoms. The molecule has 0 bridgehead atoms. The number of hydrogen-bond acceptors (Lipinski definition) is 2. The molecule has 0 aliphatic carbocycles. The SMILES string of the molecule is COc1ccc(C(C)C)cc1C(Cl)C(C)=O. The quantitative estimate of drug-likeness (QED) is 0.751. The number of hydrogen-bond donors (Lipinski definition) is 0. The summed E-state index contributed by atoms with van der Waals surface area (Å²) in [5, 5.41) is -0.631. The standard InChI is InChI=1S/C13H17ClO2/c1-8(2)10-5-6-12(16-4)11(7-10)13(14)9(3)15/h5-8,13H,1-4H3. The maximum Gasteiger partial charge on any atom is 0.152 e. The van der Waals surface area contributed by atoms with Crippen molar-refractivity contribution in [1.29, 1.82) is 0 Å². The molecule has 0 aromatic heterocycles. The van der Waals surface area contributed by atoms with Crippen LogP contribution < -0.4 is 4.74 Å². The van der Waals surface area contributed by atoms with Crippen molar-refractivity contribution in [3.8, 4) is 5.75 Å². The van der Waals surface area contributed by atoms with Crippen LogP contribution in [0.1, 0.15) is 43.2 Å². The average Bonchev–Trinajstić information content (AvgIpc) is 2.26. The van der Waals surface area contributed by atoms with Crippen molar-refractivity contribution in [2.75, 3.05) is 7.11 Å². The van der Waals surface area contributed by atoms with Crippen molar-refractivity contribution < 1.29 is 9.53 Å². The molecule has 1 aromatic carbocycles. The van der Waals surface area contributed by atoms with Gasteiger partial charge in [-0.15, -0.1) is 11.6 Å². The minimum atomic E-state index is -0.631. The molecule has 16 heavy (non-hydrogen) atoms. The molecular weight excluding hydrogens is 224 g/mol. The van der Waals surface area contributed by atoms with Crippen molar-refractivity contribution in [3.05, 3.63) is 29.3 Å². The molecule has 0 radical (unpaired) electrons. The number of methoxy groups -OCH3 is 1. The van der Waals surface area contributed by atoms with Gasteiger partial charge in [-0.25, -0.2) is 0 Å². The summed E-state index contributed by atoms with van der Waals surface area (Å²) >= 11 is 6.07. The van der Waals surface area contributed by atoms with Gasteiger partial charge in [0.15, 0.2) is 5.78 Å². The Bertz CT molecular complexity index is 386. The molecule has 0 N–H and O–H groups in total. The van der Waals surface area contributed by atoms with E-state index in [0.717, 1.165) is 11.1 Å². The number of halogens is 1. The van der Waals surface area contributed by atoms with Crippen molar-refractivity contribution in [2.24, 2.45) is 0 Å². The van der Waals surface area contributed by atoms with E-state index in [9.17, 15) is 4.79 Å². The lowest BCUT2D eigenvalue weighted by Crippen LogP contribution is -2.05. The molecule has 1 unspecified atom stereocenters. The van der Waals surface area contributed by atoms with Gasteiger partial charge in [-0.05, 0) is 30.5 Å². The Hall–Kier alpha value is -1.02. The number of carbonyl (C=O) groups is 1. The van der Waals surface area contributed by atoms with E-state index in [4.69, 9.17) is 16.3 Å². The Morgan fingerprint density at radius 2 is 2.00 bits per heavy atom. The zero-order valence-electron chi connectivity index (χ0n) is 10.1. The largest absolute Gasteiger partial charge is 0.496 e. The van der Waals surface area contributed by atoms with E-state index < -0.39 is 5.38 Å². The average molecular weight is 241 g/mol. The minimum absolute atomic E-state index is 0.0686. The van der Waals surface area contributed by atoms with Crippen LogP contribution in [0.15, 0.2) is 18.2 Å². The lowest BCUT2D eigenvalue weighted by atomic mass is 9.98. The van der Waals surface area contributed by atoms with Crippen molar-refractivity contribution >= 4 is 17.4 Å². The van der Waals surface area contributed by atoms with Gasteiger partial charge in [0.05, 0.1) is 7.11 Å². The lowest BCUT2D eigenvalue weighted by Gasteiger charge is -2.15. The predicted octanol–water partition coefficient (Wildman–Crippen LogP) is 3.69. The van der Waals surface area contributed by atoms with Gasteiger partial charge in [-0.1, -0.05) is 19.9 Å². The van der Waals surface area contributed by atoms with Crippen LogP contribution in [-0.4, -0.2) is 12.9 Å². The monoisotopic (exact) mass is 240 g/mol. The normalized spacial score (nSPS) is 12.6. The summed E-state index contributed by atoms with van der Waals surface area (Å²) in [6.45, 7) is 5.68. The van der Waals surface area contributed by atoms with Crippen LogP contribution in [0.2, 0.25) is 0 Å². The van der Waals surface area contributed by atoms with Crippen LogP contribution in [0.5, 0.6) is 5.75 Å². The summed E-state index contributed by atoms with van der Waals surface area (Å²) in [5.41, 5.74) is 1.91. The highest BCUT2D eigenvalue weighted by Gasteiger charge is 2.18. The highest BCUT2D eigenvalue weighted by atomic mass is 35.5. The fourth-order valence-electron chi connectivity index (χ4n) is 1.53. The summed E-state index contributed by atoms with van der Waals surface area (Å²) in [4.78, 5) is 11.3. The third-order valence-corrected chi connectivity index (χ3v) is 3.09. The first-order valence-electron chi connectivity index (χ1n) is 5.29. The first-order valence-corrected chi connectivity index (χ1v) is 5.73. The molecule has 0 saturated carbocycles. The predicted molar refractivity (Wildman–Crippen MR) is 66.4 cm³/mol. The Morgan fingerprint density at radius 1 is 1.38 bits per heavy atom. The van der Waals surface area contributed by atoms with Crippen molar-refractivity contribution in [2.45, 2.75) is 32.1 Å². The molecule has 3 heteroatoms. The van der Waals surface area contributed by atoms with Gasteiger partial charge in [0.1, 0.15) is 11.1 Å². The summed E-state index contributed by atoms with van der Waals surface area (Å²) in [6, 6.07) is 5.81. The van der Waals surface area contributed by atoms with Crippen LogP contribution in [0, 0.1) is 0 Å². The van der Waals surface area contributed by atoms with E-state index in [0.29, 0.717) is 11.7 Å². The molecule has 0 saturated heterocycles. The fourth-order valence-corrected chi connectivity index (χ4v) is 1.70. The van der Waals surface area contributed by atoms with Crippen molar-refractivity contribution in [3.63, 3.8) is 0 Å². The summed E-state index contributed by atoms with van der Waals surface area (Å²) in [7, 11) is 1.58. The third-order valence-electron chi connectivity index (χ3n) is 2.55. The van der Waals surface area contributed by atoms with Crippen LogP contribution in [0.25, 0.3) is 0 Å². The fraction of sp³-hybridized carbons (Fsp3) is 0.462. The number of ketones is 1. The summed E-state index contributed by atoms with van der Waals surface area (Å²) < 4.78 is 5.21. The van der Waals surface area contributed by atoms with Crippen LogP contribution in [0.3, 0.4) is 0 Å². The van der Waals surface area contributed by atoms with Gasteiger partial charge in [0, 0.05) is 5.56 Å². The number of ether oxygens (including phenoxy) is 1. The second kappa shape index (κ2) is 5.35. The van der Waals surface area contributed by atoms with E-state index in [1.54, 1.807) is 7.11 Å². The van der Waals surface area contributed by atoms with E-state index in [-0.39, 0.29) is 5.78 Å². The number of alkyl halides is 1. The number of carbonyl (C=O) groups excluding carboxylic acids is 1. The van der Waals surface area contributed by atoms with E-state index in [1.807, 2.05) is 18.2 Å². The zero-order valence-corrected chi connectivity index (χ0v) is 10.8. The van der Waals surface area contributed by atoms with Crippen LogP contribution in [0.4, 0.5) is 0 Å². The second-order valence-corrected chi connectivity index (χ2v) is 4.57. The molecule has 88 valence electrons. The molecule has 0 fully saturated rings. The van der Waals surface area contributed by atoms with Gasteiger partial charge in [-0.3, -0.25) is 4.79 Å². The third kappa shape index (κ3) is 2.76. The van der Waals surface area contributed by atoms with Gasteiger partial charge in [-0.2, -0.15) is 0 Å². The van der Waals surface area contributed by atoms with Gasteiger partial charge < -0.3 is 4.74 Å². The van der Waals surface area contributed by atoms with Gasteiger partial charge in [0.25, 0.3) is 0 Å². The molecular formula is C13H17ClO2. The maximum absolute atomic E-state index is 11.3. The molecule has 1 aromatic rings. The number of benzene rings is 1. The van der Waals surface area contributed by atoms with Crippen LogP contribution in [-0.2, 0) is 4.79 Å². The summed E-state index contributed by atoms with van der Waals surface area (Å²) in [5.74, 6) is 1.00. The van der Waals surface area contributed by atoms with E-state index in [1.165, 1.54) is 6.92 Å². The molecule has 1 rings (SSSR count). The molecule has 2 nitrogen and oxygen atoms in total. The zero-order chi connectivity index (χ0) is 12.3. The second-order valence-electron chi connectivity index (χ2n) is 4.13. The Morgan fingerprint density at radius 3 is 2.44 bits per heavy atom. The first-order chi connectivity index (χ1) is 7.47. The highest BCUT2D eigenvalue weighted by Crippen LogP contribution is 2.32. The highest BCUT2D eigenvalue weighted by molar-refractivity contribution is 6.31. The van der Waals surface area contributed by atoms with Crippen molar-refractivity contribution in [1.82, 2.24) is 0 Å². The lowest BCUT2D eigenvalue weighted by molar-refractivity contribution is -0.116. The minimum Gasteiger partial charge on any atom is -0.496 e. The number of rotatable bonds is 4. The topological polar surface area (TPSA) is 26.3 Å². The molecule has 0 heterocycles. The van der Waals surface area contributed by atoms with Gasteiger partial charge in [0.2, 0.25) is 0 Å². The van der Waals surface area contributed by atoms with Crippen LogP contribution >= 0.6 is 11.6 Å². The molecule has 0 amide bonds.